The van der Waals surface area contributed by atoms with E-state index in [1.807, 2.05) is 4.90 Å². The maximum absolute atomic E-state index is 13.7. The van der Waals surface area contributed by atoms with Crippen LogP contribution >= 0.6 is 15.9 Å². The maximum atomic E-state index is 13.7. The fourth-order valence-corrected chi connectivity index (χ4v) is 2.72. The third-order valence-electron chi connectivity index (χ3n) is 2.92. The predicted octanol–water partition coefficient (Wildman–Crippen LogP) is 2.51. The van der Waals surface area contributed by atoms with Crippen molar-refractivity contribution in [2.24, 2.45) is 11.7 Å². The number of anilines is 1. The molecule has 0 bridgehead atoms. The molecule has 0 aliphatic carbocycles. The number of hydrogen-bond acceptors (Lipinski definition) is 2. The summed E-state index contributed by atoms with van der Waals surface area (Å²) in [6.07, 6.45) is 0.958. The van der Waals surface area contributed by atoms with Crippen LogP contribution in [-0.4, -0.2) is 19.6 Å². The summed E-state index contributed by atoms with van der Waals surface area (Å²) in [6, 6.07) is 2.20. The first-order valence-electron chi connectivity index (χ1n) is 5.21. The summed E-state index contributed by atoms with van der Waals surface area (Å²) < 4.78 is 27.0. The zero-order valence-corrected chi connectivity index (χ0v) is 10.3. The SMILES string of the molecule is NCC1CCN(c2c(F)cc(F)cc2Br)C1. The highest BCUT2D eigenvalue weighted by molar-refractivity contribution is 9.10. The van der Waals surface area contributed by atoms with Gasteiger partial charge < -0.3 is 10.6 Å². The highest BCUT2D eigenvalue weighted by Gasteiger charge is 2.25. The van der Waals surface area contributed by atoms with Crippen molar-refractivity contribution in [3.05, 3.63) is 28.2 Å². The number of nitrogens with zero attached hydrogens (tertiary/aromatic N) is 1. The largest absolute Gasteiger partial charge is 0.368 e. The summed E-state index contributed by atoms with van der Waals surface area (Å²) in [5.41, 5.74) is 6.02. The van der Waals surface area contributed by atoms with Gasteiger partial charge in [-0.2, -0.15) is 0 Å². The molecule has 1 aromatic carbocycles. The van der Waals surface area contributed by atoms with Gasteiger partial charge in [-0.3, -0.25) is 0 Å². The Morgan fingerprint density at radius 1 is 1.44 bits per heavy atom. The number of rotatable bonds is 2. The van der Waals surface area contributed by atoms with E-state index >= 15 is 0 Å². The normalized spacial score (nSPS) is 20.5. The Bertz CT molecular complexity index is 375. The van der Waals surface area contributed by atoms with Gasteiger partial charge in [0.25, 0.3) is 0 Å². The lowest BCUT2D eigenvalue weighted by Gasteiger charge is -2.20. The topological polar surface area (TPSA) is 29.3 Å². The molecule has 1 aliphatic heterocycles. The summed E-state index contributed by atoms with van der Waals surface area (Å²) >= 11 is 3.20. The number of halogens is 3. The molecular formula is C11H13BrF2N2. The average Bonchev–Trinajstić information content (AvgIpc) is 2.64. The lowest BCUT2D eigenvalue weighted by molar-refractivity contribution is 0.576. The number of nitrogens with two attached hydrogens (primary N) is 1. The van der Waals surface area contributed by atoms with Crippen molar-refractivity contribution in [3.63, 3.8) is 0 Å². The van der Waals surface area contributed by atoms with Crippen LogP contribution in [0.5, 0.6) is 0 Å². The first-order valence-corrected chi connectivity index (χ1v) is 6.00. The van der Waals surface area contributed by atoms with Crippen molar-refractivity contribution < 1.29 is 8.78 Å². The van der Waals surface area contributed by atoms with E-state index in [0.717, 1.165) is 25.6 Å². The Morgan fingerprint density at radius 3 is 2.75 bits per heavy atom. The Labute approximate surface area is 102 Å². The summed E-state index contributed by atoms with van der Waals surface area (Å²) in [4.78, 5) is 1.91. The second kappa shape index (κ2) is 4.67. The van der Waals surface area contributed by atoms with Gasteiger partial charge in [-0.15, -0.1) is 0 Å². The van der Waals surface area contributed by atoms with Gasteiger partial charge in [0, 0.05) is 23.6 Å². The first kappa shape index (κ1) is 11.8. The highest BCUT2D eigenvalue weighted by atomic mass is 79.9. The Balaban J connectivity index is 2.28. The van der Waals surface area contributed by atoms with Crippen LogP contribution in [0, 0.1) is 17.6 Å². The zero-order chi connectivity index (χ0) is 11.7. The third-order valence-corrected chi connectivity index (χ3v) is 3.52. The van der Waals surface area contributed by atoms with E-state index in [2.05, 4.69) is 15.9 Å². The van der Waals surface area contributed by atoms with Gasteiger partial charge in [0.15, 0.2) is 5.82 Å². The molecule has 1 heterocycles. The second-order valence-electron chi connectivity index (χ2n) is 4.05. The molecule has 0 spiro atoms. The first-order chi connectivity index (χ1) is 7.61. The van der Waals surface area contributed by atoms with Crippen molar-refractivity contribution in [1.82, 2.24) is 0 Å². The highest BCUT2D eigenvalue weighted by Crippen LogP contribution is 2.33. The smallest absolute Gasteiger partial charge is 0.150 e. The molecule has 1 fully saturated rings. The van der Waals surface area contributed by atoms with Crippen LogP contribution in [0.3, 0.4) is 0 Å². The summed E-state index contributed by atoms with van der Waals surface area (Å²) in [6.45, 7) is 2.11. The molecule has 2 N–H and O–H groups in total. The summed E-state index contributed by atoms with van der Waals surface area (Å²) in [5.74, 6) is -0.691. The van der Waals surface area contributed by atoms with Crippen LogP contribution in [0.15, 0.2) is 16.6 Å². The van der Waals surface area contributed by atoms with E-state index in [9.17, 15) is 8.78 Å². The molecule has 1 saturated heterocycles. The Morgan fingerprint density at radius 2 is 2.19 bits per heavy atom. The molecule has 1 unspecified atom stereocenters. The Kier molecular flexibility index (Phi) is 3.44. The monoisotopic (exact) mass is 290 g/mol. The van der Waals surface area contributed by atoms with Gasteiger partial charge >= 0.3 is 0 Å². The lowest BCUT2D eigenvalue weighted by Crippen LogP contribution is -2.23. The van der Waals surface area contributed by atoms with E-state index in [-0.39, 0.29) is 0 Å². The predicted molar refractivity (Wildman–Crippen MR) is 63.4 cm³/mol. The standard InChI is InChI=1S/C11H13BrF2N2/c12-9-3-8(13)4-10(14)11(9)16-2-1-7(5-15)6-16/h3-4,7H,1-2,5-6,15H2. The van der Waals surface area contributed by atoms with Crippen LogP contribution in [0.2, 0.25) is 0 Å². The van der Waals surface area contributed by atoms with Crippen LogP contribution < -0.4 is 10.6 Å². The summed E-state index contributed by atoms with van der Waals surface area (Å²) in [7, 11) is 0. The fourth-order valence-electron chi connectivity index (χ4n) is 2.06. The maximum Gasteiger partial charge on any atom is 0.150 e. The van der Waals surface area contributed by atoms with Crippen molar-refractivity contribution >= 4 is 21.6 Å². The van der Waals surface area contributed by atoms with Crippen molar-refractivity contribution in [1.29, 1.82) is 0 Å². The number of hydrogen-bond donors (Lipinski definition) is 1. The minimum absolute atomic E-state index is 0.399. The summed E-state index contributed by atoms with van der Waals surface area (Å²) in [5, 5.41) is 0. The second-order valence-corrected chi connectivity index (χ2v) is 4.91. The van der Waals surface area contributed by atoms with Gasteiger partial charge in [-0.25, -0.2) is 8.78 Å². The third kappa shape index (κ3) is 2.20. The van der Waals surface area contributed by atoms with Gasteiger partial charge in [0.1, 0.15) is 5.82 Å². The van der Waals surface area contributed by atoms with E-state index in [4.69, 9.17) is 5.73 Å². The van der Waals surface area contributed by atoms with Gasteiger partial charge in [-0.1, -0.05) is 0 Å². The molecule has 0 radical (unpaired) electrons. The van der Waals surface area contributed by atoms with Crippen LogP contribution in [0.25, 0.3) is 0 Å². The molecule has 16 heavy (non-hydrogen) atoms. The fraction of sp³-hybridized carbons (Fsp3) is 0.455. The minimum atomic E-state index is -0.567. The lowest BCUT2D eigenvalue weighted by atomic mass is 10.1. The molecule has 0 saturated carbocycles. The van der Waals surface area contributed by atoms with E-state index in [0.29, 0.717) is 22.6 Å². The molecule has 1 aliphatic rings. The molecule has 0 aromatic heterocycles. The number of benzene rings is 1. The van der Waals surface area contributed by atoms with Crippen molar-refractivity contribution in [3.8, 4) is 0 Å². The molecule has 0 amide bonds. The van der Waals surface area contributed by atoms with Crippen LogP contribution in [-0.2, 0) is 0 Å². The zero-order valence-electron chi connectivity index (χ0n) is 8.72. The molecule has 2 rings (SSSR count). The molecule has 88 valence electrons. The van der Waals surface area contributed by atoms with Gasteiger partial charge in [0.05, 0.1) is 5.69 Å². The van der Waals surface area contributed by atoms with Crippen LogP contribution in [0.4, 0.5) is 14.5 Å². The van der Waals surface area contributed by atoms with E-state index in [1.165, 1.54) is 6.07 Å². The Hall–Kier alpha value is -0.680. The van der Waals surface area contributed by atoms with Crippen molar-refractivity contribution in [2.45, 2.75) is 6.42 Å². The molecule has 5 heteroatoms. The van der Waals surface area contributed by atoms with Gasteiger partial charge in [-0.05, 0) is 40.9 Å². The average molecular weight is 291 g/mol. The minimum Gasteiger partial charge on any atom is -0.368 e. The van der Waals surface area contributed by atoms with Gasteiger partial charge in [0.2, 0.25) is 0 Å². The van der Waals surface area contributed by atoms with Crippen LogP contribution in [0.1, 0.15) is 6.42 Å². The van der Waals surface area contributed by atoms with Crippen molar-refractivity contribution in [2.75, 3.05) is 24.5 Å². The molecule has 1 aromatic rings. The molecular weight excluding hydrogens is 278 g/mol. The molecule has 1 atom stereocenters. The van der Waals surface area contributed by atoms with E-state index in [1.54, 1.807) is 0 Å². The van der Waals surface area contributed by atoms with E-state index < -0.39 is 11.6 Å². The molecule has 2 nitrogen and oxygen atoms in total. The quantitative estimate of drug-likeness (QED) is 0.907.